The second-order valence-corrected chi connectivity index (χ2v) is 8.87. The van der Waals surface area contributed by atoms with Crippen molar-refractivity contribution in [2.24, 2.45) is 5.92 Å². The van der Waals surface area contributed by atoms with Gasteiger partial charge in [-0.1, -0.05) is 83.8 Å². The van der Waals surface area contributed by atoms with Crippen LogP contribution in [0, 0.1) is 138 Å². The quantitative estimate of drug-likeness (QED) is 0.132. The van der Waals surface area contributed by atoms with Crippen molar-refractivity contribution in [3.8, 4) is 0 Å². The van der Waals surface area contributed by atoms with Gasteiger partial charge >= 0.3 is 0 Å². The number of aliphatic hydroxyl groups is 3. The van der Waals surface area contributed by atoms with E-state index in [1.807, 2.05) is 0 Å². The molecule has 0 aromatic rings. The SMILES string of the molecule is CCCCCCCC/C=C\CCCCCCCCO[C@@H]1OC(CO)[C@H](O)C(O)C1C.[Ac].[Ac].[Ac]. The smallest absolute Gasteiger partial charge is 0.163 e. The van der Waals surface area contributed by atoms with Crippen LogP contribution >= 0.6 is 0 Å². The Labute approximate surface area is 311 Å². The molecule has 0 aliphatic carbocycles. The Kier molecular flexibility index (Phi) is 36.2. The number of hydrogen-bond donors (Lipinski definition) is 3. The zero-order valence-electron chi connectivity index (χ0n) is 21.2. The van der Waals surface area contributed by atoms with Crippen LogP contribution in [0.3, 0.4) is 0 Å². The fourth-order valence-corrected chi connectivity index (χ4v) is 3.96. The molecule has 0 aromatic carbocycles. The summed E-state index contributed by atoms with van der Waals surface area (Å²) in [5, 5.41) is 29.1. The molecule has 1 saturated heterocycles. The van der Waals surface area contributed by atoms with E-state index in [0.717, 1.165) is 12.8 Å². The Hall–Kier alpha value is 3.86. The van der Waals surface area contributed by atoms with Gasteiger partial charge in [-0.3, -0.25) is 0 Å². The van der Waals surface area contributed by atoms with Gasteiger partial charge in [-0.2, -0.15) is 0 Å². The molecule has 1 fully saturated rings. The van der Waals surface area contributed by atoms with Crippen LogP contribution in [0.1, 0.15) is 104 Å². The van der Waals surface area contributed by atoms with Gasteiger partial charge in [-0.25, -0.2) is 0 Å². The van der Waals surface area contributed by atoms with Crippen LogP contribution in [0.2, 0.25) is 0 Å². The molecule has 0 spiro atoms. The van der Waals surface area contributed by atoms with E-state index in [9.17, 15) is 15.3 Å². The van der Waals surface area contributed by atoms with Gasteiger partial charge in [-0.15, -0.1) is 0 Å². The molecule has 0 amide bonds. The first kappa shape index (κ1) is 41.3. The number of unbranched alkanes of at least 4 members (excludes halogenated alkanes) is 12. The molecular formula is C25H48Ac3O5. The molecular weight excluding hydrogens is 1060 g/mol. The summed E-state index contributed by atoms with van der Waals surface area (Å²) in [6.45, 7) is 4.32. The zero-order valence-corrected chi connectivity index (χ0v) is 35.5. The van der Waals surface area contributed by atoms with Crippen LogP contribution in [0.5, 0.6) is 0 Å². The van der Waals surface area contributed by atoms with Crippen molar-refractivity contribution in [1.82, 2.24) is 0 Å². The summed E-state index contributed by atoms with van der Waals surface area (Å²) in [7, 11) is 0. The van der Waals surface area contributed by atoms with Gasteiger partial charge in [0.25, 0.3) is 0 Å². The summed E-state index contributed by atoms with van der Waals surface area (Å²) < 4.78 is 11.3. The molecule has 5 nitrogen and oxygen atoms in total. The molecule has 0 aromatic heterocycles. The molecule has 33 heavy (non-hydrogen) atoms. The van der Waals surface area contributed by atoms with Gasteiger partial charge in [0.1, 0.15) is 12.2 Å². The van der Waals surface area contributed by atoms with Gasteiger partial charge in [0, 0.05) is 145 Å². The summed E-state index contributed by atoms with van der Waals surface area (Å²) in [6, 6.07) is 0. The third kappa shape index (κ3) is 20.4. The van der Waals surface area contributed by atoms with Gasteiger partial charge in [0.05, 0.1) is 12.7 Å². The Morgan fingerprint density at radius 3 is 1.73 bits per heavy atom. The Balaban J connectivity index is -0.00000300. The van der Waals surface area contributed by atoms with Crippen molar-refractivity contribution in [3.63, 3.8) is 0 Å². The summed E-state index contributed by atoms with van der Waals surface area (Å²) in [5.74, 6) is -0.308. The minimum atomic E-state index is -1.06. The van der Waals surface area contributed by atoms with E-state index in [1.165, 1.54) is 77.0 Å². The van der Waals surface area contributed by atoms with Gasteiger partial charge in [0.15, 0.2) is 6.29 Å². The van der Waals surface area contributed by atoms with E-state index in [0.29, 0.717) is 6.61 Å². The van der Waals surface area contributed by atoms with E-state index in [-0.39, 0.29) is 145 Å². The molecule has 1 aliphatic rings. The molecule has 3 N–H and O–H groups in total. The molecule has 3 radical (unpaired) electrons. The standard InChI is InChI=1S/C25H48O5.3Ac/c1-3-4-5-6-7-8-9-10-11-12-13-14-15-16-17-18-19-29-25-21(2)23(27)24(28)22(20-26)30-25;;;/h10-11,21-28H,3-9,12-20H2,1-2H3;;;/b11-10-;;;/t21?,22?,23?,24-,25+;;;/m0.../s1. The van der Waals surface area contributed by atoms with Gasteiger partial charge in [0.2, 0.25) is 0 Å². The summed E-state index contributed by atoms with van der Waals surface area (Å²) in [6.07, 6.45) is 19.2. The minimum absolute atomic E-state index is 0. The van der Waals surface area contributed by atoms with E-state index < -0.39 is 24.6 Å². The van der Waals surface area contributed by atoms with Crippen molar-refractivity contribution in [3.05, 3.63) is 12.2 Å². The predicted molar refractivity (Wildman–Crippen MR) is 122 cm³/mol. The van der Waals surface area contributed by atoms with Crippen molar-refractivity contribution in [1.29, 1.82) is 0 Å². The van der Waals surface area contributed by atoms with E-state index in [2.05, 4.69) is 19.1 Å². The third-order valence-electron chi connectivity index (χ3n) is 6.13. The van der Waals surface area contributed by atoms with Crippen molar-refractivity contribution >= 4 is 0 Å². The van der Waals surface area contributed by atoms with Crippen LogP contribution in [0.4, 0.5) is 0 Å². The van der Waals surface area contributed by atoms with E-state index in [4.69, 9.17) is 9.47 Å². The number of rotatable bonds is 18. The minimum Gasteiger partial charge on any atom is -0.394 e. The van der Waals surface area contributed by atoms with Gasteiger partial charge < -0.3 is 24.8 Å². The molecule has 1 aliphatic heterocycles. The first-order chi connectivity index (χ1) is 14.6. The first-order valence-corrected chi connectivity index (χ1v) is 12.5. The molecule has 5 atom stereocenters. The number of aliphatic hydroxyl groups excluding tert-OH is 3. The largest absolute Gasteiger partial charge is 0.394 e. The Morgan fingerprint density at radius 2 is 1.21 bits per heavy atom. The van der Waals surface area contributed by atoms with Crippen LogP contribution in [-0.4, -0.2) is 53.1 Å². The monoisotopic (exact) mass is 1110 g/mol. The first-order valence-electron chi connectivity index (χ1n) is 12.5. The van der Waals surface area contributed by atoms with Gasteiger partial charge in [-0.05, 0) is 32.1 Å². The zero-order chi connectivity index (χ0) is 22.0. The molecule has 8 heteroatoms. The number of hydrogen-bond acceptors (Lipinski definition) is 5. The van der Waals surface area contributed by atoms with Crippen molar-refractivity contribution in [2.75, 3.05) is 13.2 Å². The summed E-state index contributed by atoms with van der Waals surface area (Å²) >= 11 is 0. The van der Waals surface area contributed by atoms with Crippen LogP contribution in [0.15, 0.2) is 12.2 Å². The Morgan fingerprint density at radius 1 is 0.727 bits per heavy atom. The maximum Gasteiger partial charge on any atom is 0.163 e. The van der Waals surface area contributed by atoms with Crippen molar-refractivity contribution < 1.29 is 157 Å². The van der Waals surface area contributed by atoms with Crippen LogP contribution in [0.25, 0.3) is 0 Å². The topological polar surface area (TPSA) is 79.2 Å². The second-order valence-electron chi connectivity index (χ2n) is 8.87. The Bertz CT molecular complexity index is 427. The third-order valence-corrected chi connectivity index (χ3v) is 6.13. The van der Waals surface area contributed by atoms with Crippen molar-refractivity contribution in [2.45, 2.75) is 128 Å². The van der Waals surface area contributed by atoms with Crippen LogP contribution in [-0.2, 0) is 9.47 Å². The molecule has 0 saturated carbocycles. The fraction of sp³-hybridized carbons (Fsp3) is 0.920. The van der Waals surface area contributed by atoms with E-state index in [1.54, 1.807) is 6.92 Å². The van der Waals surface area contributed by atoms with Crippen LogP contribution < -0.4 is 0 Å². The molecule has 0 bridgehead atoms. The molecule has 187 valence electrons. The predicted octanol–water partition coefficient (Wildman–Crippen LogP) is 5.12. The maximum atomic E-state index is 10.0. The number of allylic oxidation sites excluding steroid dienone is 2. The normalized spacial score (nSPS) is 24.7. The molecule has 1 heterocycles. The summed E-state index contributed by atoms with van der Waals surface area (Å²) in [4.78, 5) is 0. The maximum absolute atomic E-state index is 10.0. The molecule has 3 unspecified atom stereocenters. The number of ether oxygens (including phenoxy) is 2. The average Bonchev–Trinajstić information content (AvgIpc) is 2.75. The van der Waals surface area contributed by atoms with E-state index >= 15 is 0 Å². The fourth-order valence-electron chi connectivity index (χ4n) is 3.96. The molecule has 1 rings (SSSR count). The second kappa shape index (κ2) is 28.9. The summed E-state index contributed by atoms with van der Waals surface area (Å²) in [5.41, 5.74) is 0. The average molecular weight is 1110 g/mol.